The summed E-state index contributed by atoms with van der Waals surface area (Å²) in [6.45, 7) is 3.40. The zero-order valence-corrected chi connectivity index (χ0v) is 19.5. The van der Waals surface area contributed by atoms with E-state index in [9.17, 15) is 14.4 Å². The largest absolute Gasteiger partial charge is 0.481 e. The Morgan fingerprint density at radius 3 is 2.35 bits per heavy atom. The third-order valence-corrected chi connectivity index (χ3v) is 6.98. The van der Waals surface area contributed by atoms with Gasteiger partial charge in [0.25, 0.3) is 0 Å². The van der Waals surface area contributed by atoms with Crippen LogP contribution in [0.3, 0.4) is 0 Å². The fourth-order valence-corrected chi connectivity index (χ4v) is 5.07. The van der Waals surface area contributed by atoms with E-state index < -0.39 is 12.1 Å². The Bertz CT molecular complexity index is 1010. The van der Waals surface area contributed by atoms with Crippen molar-refractivity contribution in [2.24, 2.45) is 5.92 Å². The van der Waals surface area contributed by atoms with Gasteiger partial charge < -0.3 is 20.1 Å². The summed E-state index contributed by atoms with van der Waals surface area (Å²) in [4.78, 5) is 37.9. The van der Waals surface area contributed by atoms with Crippen molar-refractivity contribution in [3.05, 3.63) is 59.7 Å². The summed E-state index contributed by atoms with van der Waals surface area (Å²) in [6.07, 6.45) is 1.87. The molecule has 7 nitrogen and oxygen atoms in total. The summed E-state index contributed by atoms with van der Waals surface area (Å²) in [7, 11) is 0. The number of aliphatic carboxylic acids is 1. The molecule has 2 amide bonds. The number of rotatable bonds is 9. The van der Waals surface area contributed by atoms with Crippen molar-refractivity contribution < 1.29 is 24.2 Å². The van der Waals surface area contributed by atoms with Crippen molar-refractivity contribution in [1.29, 1.82) is 0 Å². The highest BCUT2D eigenvalue weighted by Crippen LogP contribution is 2.44. The number of carbonyl (C=O) groups excluding carboxylic acids is 2. The minimum atomic E-state index is -0.803. The van der Waals surface area contributed by atoms with Crippen LogP contribution in [0.5, 0.6) is 0 Å². The molecule has 1 aliphatic carbocycles. The molecule has 0 radical (unpaired) electrons. The number of fused-ring (bicyclic) bond motifs is 3. The zero-order valence-electron chi connectivity index (χ0n) is 19.5. The topological polar surface area (TPSA) is 95.9 Å². The molecule has 0 saturated carbocycles. The van der Waals surface area contributed by atoms with Gasteiger partial charge in [-0.1, -0.05) is 55.5 Å². The lowest BCUT2D eigenvalue weighted by atomic mass is 9.98. The van der Waals surface area contributed by atoms with Gasteiger partial charge in [0, 0.05) is 37.9 Å². The van der Waals surface area contributed by atoms with Gasteiger partial charge in [0.05, 0.1) is 0 Å². The van der Waals surface area contributed by atoms with Crippen LogP contribution in [0.25, 0.3) is 11.1 Å². The van der Waals surface area contributed by atoms with Crippen molar-refractivity contribution in [3.63, 3.8) is 0 Å². The van der Waals surface area contributed by atoms with E-state index in [1.54, 1.807) is 4.90 Å². The Hall–Kier alpha value is -3.35. The van der Waals surface area contributed by atoms with Gasteiger partial charge in [0.2, 0.25) is 5.91 Å². The Labute approximate surface area is 200 Å². The Kier molecular flexibility index (Phi) is 7.50. The lowest BCUT2D eigenvalue weighted by molar-refractivity contribution is -0.137. The second kappa shape index (κ2) is 10.7. The highest BCUT2D eigenvalue weighted by molar-refractivity contribution is 5.80. The summed E-state index contributed by atoms with van der Waals surface area (Å²) in [5, 5.41) is 11.7. The molecule has 1 heterocycles. The minimum Gasteiger partial charge on any atom is -0.481 e. The van der Waals surface area contributed by atoms with Crippen LogP contribution in [-0.2, 0) is 14.3 Å². The van der Waals surface area contributed by atoms with Gasteiger partial charge in [0.1, 0.15) is 6.61 Å². The van der Waals surface area contributed by atoms with E-state index in [1.807, 2.05) is 31.2 Å². The molecule has 2 aromatic rings. The molecule has 7 heteroatoms. The molecule has 2 aliphatic rings. The van der Waals surface area contributed by atoms with Crippen LogP contribution < -0.4 is 5.32 Å². The third-order valence-electron chi connectivity index (χ3n) is 6.98. The number of benzene rings is 2. The van der Waals surface area contributed by atoms with E-state index in [2.05, 4.69) is 29.6 Å². The Morgan fingerprint density at radius 1 is 1.09 bits per heavy atom. The Morgan fingerprint density at radius 2 is 1.74 bits per heavy atom. The number of nitrogens with zero attached hydrogens (tertiary/aromatic N) is 1. The van der Waals surface area contributed by atoms with Crippen LogP contribution in [0.1, 0.15) is 56.1 Å². The van der Waals surface area contributed by atoms with Crippen LogP contribution in [0.2, 0.25) is 0 Å². The smallest absolute Gasteiger partial charge is 0.407 e. The number of amides is 2. The maximum atomic E-state index is 12.7. The summed E-state index contributed by atoms with van der Waals surface area (Å²) in [5.74, 6) is -0.589. The van der Waals surface area contributed by atoms with Crippen LogP contribution in [0, 0.1) is 5.92 Å². The standard InChI is InChI=1S/C27H32N2O5/c1-2-19(15-25(30)29-14-13-18(16-29)11-12-26(31)32)28-27(33)34-17-24-22-9-5-3-7-20(22)21-8-4-6-10-23(21)24/h3-10,18-19,24H,2,11-17H2,1H3,(H,28,33)(H,31,32)/t18?,19-/m0/s1. The van der Waals surface area contributed by atoms with Crippen molar-refractivity contribution in [2.45, 2.75) is 51.0 Å². The first kappa shape index (κ1) is 23.8. The molecule has 1 aliphatic heterocycles. The predicted molar refractivity (Wildman–Crippen MR) is 128 cm³/mol. The molecule has 0 bridgehead atoms. The van der Waals surface area contributed by atoms with E-state index in [0.717, 1.165) is 17.5 Å². The third kappa shape index (κ3) is 5.41. The van der Waals surface area contributed by atoms with Crippen LogP contribution in [0.15, 0.2) is 48.5 Å². The van der Waals surface area contributed by atoms with Gasteiger partial charge in [-0.2, -0.15) is 0 Å². The number of likely N-dealkylation sites (tertiary alicyclic amines) is 1. The minimum absolute atomic E-state index is 0.00723. The van der Waals surface area contributed by atoms with E-state index in [4.69, 9.17) is 9.84 Å². The fraction of sp³-hybridized carbons (Fsp3) is 0.444. The average Bonchev–Trinajstić information content (AvgIpc) is 3.44. The second-order valence-electron chi connectivity index (χ2n) is 9.21. The molecule has 0 aromatic heterocycles. The molecule has 1 fully saturated rings. The molecular formula is C27H32N2O5. The van der Waals surface area contributed by atoms with E-state index in [-0.39, 0.29) is 43.2 Å². The van der Waals surface area contributed by atoms with Gasteiger partial charge in [-0.3, -0.25) is 9.59 Å². The number of ether oxygens (including phenoxy) is 1. The number of hydrogen-bond acceptors (Lipinski definition) is 4. The van der Waals surface area contributed by atoms with Gasteiger partial charge in [-0.15, -0.1) is 0 Å². The number of carbonyl (C=O) groups is 3. The zero-order chi connectivity index (χ0) is 24.1. The SMILES string of the molecule is CC[C@@H](CC(=O)N1CCC(CCC(=O)O)C1)NC(=O)OCC1c2ccccc2-c2ccccc21. The molecule has 2 aromatic carbocycles. The Balaban J connectivity index is 1.28. The quantitative estimate of drug-likeness (QED) is 0.573. The van der Waals surface area contributed by atoms with Crippen LogP contribution in [0.4, 0.5) is 4.79 Å². The molecule has 180 valence electrons. The summed E-state index contributed by atoms with van der Waals surface area (Å²) < 4.78 is 5.62. The molecular weight excluding hydrogens is 432 g/mol. The lowest BCUT2D eigenvalue weighted by Gasteiger charge is -2.22. The number of nitrogens with one attached hydrogen (secondary N) is 1. The average molecular weight is 465 g/mol. The van der Waals surface area contributed by atoms with Crippen molar-refractivity contribution in [1.82, 2.24) is 10.2 Å². The fourth-order valence-electron chi connectivity index (χ4n) is 5.07. The highest BCUT2D eigenvalue weighted by Gasteiger charge is 2.30. The van der Waals surface area contributed by atoms with Crippen molar-refractivity contribution in [3.8, 4) is 11.1 Å². The van der Waals surface area contributed by atoms with Gasteiger partial charge in [-0.05, 0) is 47.4 Å². The molecule has 34 heavy (non-hydrogen) atoms. The second-order valence-corrected chi connectivity index (χ2v) is 9.21. The van der Waals surface area contributed by atoms with E-state index in [0.29, 0.717) is 25.9 Å². The number of carboxylic acids is 1. The number of carboxylic acid groups (broad SMARTS) is 1. The molecule has 1 unspecified atom stereocenters. The van der Waals surface area contributed by atoms with Crippen molar-refractivity contribution >= 4 is 18.0 Å². The van der Waals surface area contributed by atoms with Crippen molar-refractivity contribution in [2.75, 3.05) is 19.7 Å². The summed E-state index contributed by atoms with van der Waals surface area (Å²) in [6, 6.07) is 16.1. The first-order chi connectivity index (χ1) is 16.5. The van der Waals surface area contributed by atoms with Crippen LogP contribution in [-0.4, -0.2) is 53.7 Å². The molecule has 0 spiro atoms. The van der Waals surface area contributed by atoms with Gasteiger partial charge in [-0.25, -0.2) is 4.79 Å². The number of alkyl carbamates (subject to hydrolysis) is 1. The van der Waals surface area contributed by atoms with E-state index in [1.165, 1.54) is 11.1 Å². The molecule has 1 saturated heterocycles. The first-order valence-electron chi connectivity index (χ1n) is 12.1. The van der Waals surface area contributed by atoms with Gasteiger partial charge in [0.15, 0.2) is 0 Å². The monoisotopic (exact) mass is 464 g/mol. The van der Waals surface area contributed by atoms with E-state index >= 15 is 0 Å². The predicted octanol–water partition coefficient (Wildman–Crippen LogP) is 4.41. The molecule has 4 rings (SSSR count). The maximum Gasteiger partial charge on any atom is 0.407 e. The highest BCUT2D eigenvalue weighted by atomic mass is 16.5. The maximum absolute atomic E-state index is 12.7. The first-order valence-corrected chi connectivity index (χ1v) is 12.1. The molecule has 2 N–H and O–H groups in total. The summed E-state index contributed by atoms with van der Waals surface area (Å²) in [5.41, 5.74) is 4.67. The molecule has 2 atom stereocenters. The lowest BCUT2D eigenvalue weighted by Crippen LogP contribution is -2.40. The summed E-state index contributed by atoms with van der Waals surface area (Å²) >= 11 is 0. The van der Waals surface area contributed by atoms with Crippen LogP contribution >= 0.6 is 0 Å². The number of hydrogen-bond donors (Lipinski definition) is 2. The normalized spacial score (nSPS) is 17.7. The van der Waals surface area contributed by atoms with Gasteiger partial charge >= 0.3 is 12.1 Å².